The predicted molar refractivity (Wildman–Crippen MR) is 124 cm³/mol. The van der Waals surface area contributed by atoms with Crippen LogP contribution in [-0.2, 0) is 9.47 Å². The van der Waals surface area contributed by atoms with Gasteiger partial charge in [-0.3, -0.25) is 9.79 Å². The minimum absolute atomic E-state index is 0. The maximum absolute atomic E-state index is 12.2. The van der Waals surface area contributed by atoms with Gasteiger partial charge in [0.2, 0.25) is 0 Å². The van der Waals surface area contributed by atoms with Gasteiger partial charge < -0.3 is 29.7 Å². The van der Waals surface area contributed by atoms with Gasteiger partial charge in [-0.05, 0) is 24.6 Å². The van der Waals surface area contributed by atoms with Gasteiger partial charge in [0.25, 0.3) is 5.91 Å². The molecule has 9 heteroatoms. The fourth-order valence-corrected chi connectivity index (χ4v) is 3.10. The largest absolute Gasteiger partial charge is 0.497 e. The third-order valence-electron chi connectivity index (χ3n) is 4.61. The van der Waals surface area contributed by atoms with Crippen molar-refractivity contribution in [2.75, 3.05) is 67.3 Å². The zero-order chi connectivity index (χ0) is 20.2. The van der Waals surface area contributed by atoms with E-state index in [0.29, 0.717) is 43.5 Å². The number of hydrogen-bond acceptors (Lipinski definition) is 5. The Morgan fingerprint density at radius 2 is 2.03 bits per heavy atom. The van der Waals surface area contributed by atoms with Crippen LogP contribution < -0.4 is 15.4 Å². The third kappa shape index (κ3) is 8.75. The van der Waals surface area contributed by atoms with Crippen molar-refractivity contribution in [1.82, 2.24) is 15.5 Å². The molecule has 1 saturated heterocycles. The van der Waals surface area contributed by atoms with Crippen LogP contribution in [0.25, 0.3) is 0 Å². The first kappa shape index (κ1) is 25.4. The molecule has 2 N–H and O–H groups in total. The van der Waals surface area contributed by atoms with Gasteiger partial charge in [0.05, 0.1) is 26.9 Å². The number of methoxy groups -OCH3 is 2. The summed E-state index contributed by atoms with van der Waals surface area (Å²) in [5, 5.41) is 6.22. The van der Waals surface area contributed by atoms with Crippen LogP contribution >= 0.6 is 24.0 Å². The van der Waals surface area contributed by atoms with Gasteiger partial charge in [-0.25, -0.2) is 0 Å². The molecule has 1 aliphatic heterocycles. The molecule has 0 saturated carbocycles. The first-order chi connectivity index (χ1) is 13.7. The number of nitrogens with zero attached hydrogens (tertiary/aromatic N) is 2. The molecule has 1 amide bonds. The maximum Gasteiger partial charge on any atom is 0.251 e. The minimum atomic E-state index is -0.120. The molecule has 29 heavy (non-hydrogen) atoms. The number of ether oxygens (including phenoxy) is 3. The summed E-state index contributed by atoms with van der Waals surface area (Å²) in [4.78, 5) is 18.8. The summed E-state index contributed by atoms with van der Waals surface area (Å²) in [6.45, 7) is 4.98. The molecule has 8 nitrogen and oxygen atoms in total. The van der Waals surface area contributed by atoms with Crippen LogP contribution in [0.1, 0.15) is 16.8 Å². The molecule has 164 valence electrons. The van der Waals surface area contributed by atoms with E-state index in [1.807, 2.05) is 6.07 Å². The predicted octanol–water partition coefficient (Wildman–Crippen LogP) is 1.60. The van der Waals surface area contributed by atoms with Crippen LogP contribution in [0.2, 0.25) is 0 Å². The van der Waals surface area contributed by atoms with E-state index in [2.05, 4.69) is 20.5 Å². The van der Waals surface area contributed by atoms with Crippen molar-refractivity contribution in [3.63, 3.8) is 0 Å². The number of hydrogen-bond donors (Lipinski definition) is 2. The van der Waals surface area contributed by atoms with Gasteiger partial charge in [0, 0.05) is 51.8 Å². The molecule has 1 fully saturated rings. The molecule has 1 aliphatic rings. The SMILES string of the molecule is CN=C(NCCNC(=O)c1cccc(OC)c1)N1CCC(COCCOC)C1.I. The van der Waals surface area contributed by atoms with Crippen molar-refractivity contribution in [2.24, 2.45) is 10.9 Å². The summed E-state index contributed by atoms with van der Waals surface area (Å²) in [5.41, 5.74) is 0.583. The lowest BCUT2D eigenvalue weighted by Crippen LogP contribution is -2.43. The van der Waals surface area contributed by atoms with E-state index in [0.717, 1.165) is 32.1 Å². The van der Waals surface area contributed by atoms with Crippen molar-refractivity contribution in [2.45, 2.75) is 6.42 Å². The zero-order valence-corrected chi connectivity index (χ0v) is 19.8. The Morgan fingerprint density at radius 3 is 2.76 bits per heavy atom. The molecule has 1 atom stereocenters. The normalized spacial score (nSPS) is 16.3. The van der Waals surface area contributed by atoms with E-state index in [9.17, 15) is 4.79 Å². The van der Waals surface area contributed by atoms with Gasteiger partial charge in [0.1, 0.15) is 5.75 Å². The summed E-state index contributed by atoms with van der Waals surface area (Å²) in [5.74, 6) is 1.91. The fraction of sp³-hybridized carbons (Fsp3) is 0.600. The van der Waals surface area contributed by atoms with E-state index >= 15 is 0 Å². The first-order valence-electron chi connectivity index (χ1n) is 9.62. The van der Waals surface area contributed by atoms with Crippen molar-refractivity contribution < 1.29 is 19.0 Å². The van der Waals surface area contributed by atoms with Crippen LogP contribution in [0.15, 0.2) is 29.3 Å². The number of carbonyl (C=O) groups excluding carboxylic acids is 1. The average molecular weight is 520 g/mol. The fourth-order valence-electron chi connectivity index (χ4n) is 3.10. The summed E-state index contributed by atoms with van der Waals surface area (Å²) in [6.07, 6.45) is 1.08. The van der Waals surface area contributed by atoms with E-state index < -0.39 is 0 Å². The lowest BCUT2D eigenvalue weighted by atomic mass is 10.1. The second-order valence-corrected chi connectivity index (χ2v) is 6.63. The number of nitrogens with one attached hydrogen (secondary N) is 2. The van der Waals surface area contributed by atoms with E-state index in [-0.39, 0.29) is 29.9 Å². The molecule has 0 radical (unpaired) electrons. The molecule has 0 bridgehead atoms. The van der Waals surface area contributed by atoms with Gasteiger partial charge in [-0.2, -0.15) is 0 Å². The number of halogens is 1. The summed E-state index contributed by atoms with van der Waals surface area (Å²) >= 11 is 0. The summed E-state index contributed by atoms with van der Waals surface area (Å²) < 4.78 is 15.8. The number of rotatable bonds is 10. The highest BCUT2D eigenvalue weighted by molar-refractivity contribution is 14.0. The summed E-state index contributed by atoms with van der Waals surface area (Å²) in [7, 11) is 5.04. The van der Waals surface area contributed by atoms with E-state index in [4.69, 9.17) is 14.2 Å². The second kappa shape index (κ2) is 14.4. The Balaban J connectivity index is 0.00000420. The number of carbonyl (C=O) groups is 1. The molecule has 1 aromatic carbocycles. The third-order valence-corrected chi connectivity index (χ3v) is 4.61. The topological polar surface area (TPSA) is 84.4 Å². The number of aliphatic imine (C=N–C) groups is 1. The average Bonchev–Trinajstić information content (AvgIpc) is 3.19. The number of guanidine groups is 1. The second-order valence-electron chi connectivity index (χ2n) is 6.63. The molecule has 0 aliphatic carbocycles. The quantitative estimate of drug-likeness (QED) is 0.211. The monoisotopic (exact) mass is 520 g/mol. The Kier molecular flexibility index (Phi) is 12.6. The highest BCUT2D eigenvalue weighted by Crippen LogP contribution is 2.16. The Morgan fingerprint density at radius 1 is 1.24 bits per heavy atom. The first-order valence-corrected chi connectivity index (χ1v) is 9.62. The molecule has 1 unspecified atom stereocenters. The van der Waals surface area contributed by atoms with Crippen LogP contribution in [0.4, 0.5) is 0 Å². The Hall–Kier alpha value is -1.59. The van der Waals surface area contributed by atoms with Crippen LogP contribution in [0, 0.1) is 5.92 Å². The Labute approximate surface area is 190 Å². The standard InChI is InChI=1S/C20H32N4O4.HI/c1-21-20(24-10-7-16(14-24)15-28-12-11-26-2)23-9-8-22-19(25)17-5-4-6-18(13-17)27-3;/h4-6,13,16H,7-12,14-15H2,1-3H3,(H,21,23)(H,22,25);1H. The van der Waals surface area contributed by atoms with Gasteiger partial charge in [-0.1, -0.05) is 6.07 Å². The number of benzene rings is 1. The van der Waals surface area contributed by atoms with E-state index in [1.165, 1.54) is 0 Å². The van der Waals surface area contributed by atoms with Crippen molar-refractivity contribution in [3.05, 3.63) is 29.8 Å². The van der Waals surface area contributed by atoms with Gasteiger partial charge in [0.15, 0.2) is 5.96 Å². The maximum atomic E-state index is 12.2. The molecular weight excluding hydrogens is 487 g/mol. The minimum Gasteiger partial charge on any atom is -0.497 e. The van der Waals surface area contributed by atoms with Crippen LogP contribution in [-0.4, -0.2) is 84.0 Å². The molecule has 1 heterocycles. The van der Waals surface area contributed by atoms with E-state index in [1.54, 1.807) is 39.5 Å². The molecule has 1 aromatic rings. The highest BCUT2D eigenvalue weighted by atomic mass is 127. The van der Waals surface area contributed by atoms with Crippen LogP contribution in [0.5, 0.6) is 5.75 Å². The van der Waals surface area contributed by atoms with Gasteiger partial charge in [-0.15, -0.1) is 24.0 Å². The smallest absolute Gasteiger partial charge is 0.251 e. The zero-order valence-electron chi connectivity index (χ0n) is 17.5. The Bertz CT molecular complexity index is 645. The lowest BCUT2D eigenvalue weighted by molar-refractivity contribution is 0.0536. The molecular formula is C20H33IN4O4. The van der Waals surface area contributed by atoms with Crippen molar-refractivity contribution in [1.29, 1.82) is 0 Å². The van der Waals surface area contributed by atoms with Crippen molar-refractivity contribution in [3.8, 4) is 5.75 Å². The molecule has 0 aromatic heterocycles. The summed E-state index contributed by atoms with van der Waals surface area (Å²) in [6, 6.07) is 7.11. The number of amides is 1. The molecule has 2 rings (SSSR count). The van der Waals surface area contributed by atoms with Gasteiger partial charge >= 0.3 is 0 Å². The van der Waals surface area contributed by atoms with Crippen LogP contribution in [0.3, 0.4) is 0 Å². The highest BCUT2D eigenvalue weighted by Gasteiger charge is 2.24. The van der Waals surface area contributed by atoms with Crippen molar-refractivity contribution >= 4 is 35.8 Å². The molecule has 0 spiro atoms. The number of likely N-dealkylation sites (tertiary alicyclic amines) is 1. The lowest BCUT2D eigenvalue weighted by Gasteiger charge is -2.22.